The molecule has 0 aliphatic heterocycles. The molecule has 0 fully saturated rings. The second kappa shape index (κ2) is 7.47. The average molecular weight is 297 g/mol. The van der Waals surface area contributed by atoms with Crippen molar-refractivity contribution < 1.29 is 0 Å². The summed E-state index contributed by atoms with van der Waals surface area (Å²) in [5, 5.41) is 3.47. The van der Waals surface area contributed by atoms with E-state index >= 15 is 0 Å². The number of hydrogen-bond acceptors (Lipinski definition) is 2. The van der Waals surface area contributed by atoms with Crippen molar-refractivity contribution in [2.24, 2.45) is 5.92 Å². The Kier molecular flexibility index (Phi) is 5.63. The van der Waals surface area contributed by atoms with Crippen LogP contribution in [-0.4, -0.2) is 22.6 Å². The Bertz CT molecular complexity index is 659. The largest absolute Gasteiger partial charge is 0.316 e. The maximum Gasteiger partial charge on any atom is 0.111 e. The fourth-order valence-electron chi connectivity index (χ4n) is 2.61. The van der Waals surface area contributed by atoms with E-state index in [-0.39, 0.29) is 0 Å². The normalized spacial score (nSPS) is 11.5. The van der Waals surface area contributed by atoms with Crippen molar-refractivity contribution in [2.45, 2.75) is 46.6 Å². The fourth-order valence-corrected chi connectivity index (χ4v) is 2.61. The van der Waals surface area contributed by atoms with E-state index in [0.29, 0.717) is 18.4 Å². The second-order valence-electron chi connectivity index (χ2n) is 6.57. The van der Waals surface area contributed by atoms with Gasteiger partial charge in [0.25, 0.3) is 0 Å². The van der Waals surface area contributed by atoms with Crippen molar-refractivity contribution in [3.05, 3.63) is 29.6 Å². The van der Waals surface area contributed by atoms with Crippen LogP contribution in [0.4, 0.5) is 0 Å². The quantitative estimate of drug-likeness (QED) is 0.625. The zero-order valence-electron chi connectivity index (χ0n) is 14.2. The Morgan fingerprint density at radius 2 is 2.05 bits per heavy atom. The molecular formula is C19H27N3. The lowest BCUT2D eigenvalue weighted by Crippen LogP contribution is -2.23. The number of rotatable bonds is 7. The Labute approximate surface area is 134 Å². The number of fused-ring (bicyclic) bond motifs is 1. The van der Waals surface area contributed by atoms with E-state index in [1.165, 1.54) is 5.56 Å². The first-order chi connectivity index (χ1) is 10.5. The van der Waals surface area contributed by atoms with Gasteiger partial charge < -0.3 is 9.88 Å². The monoisotopic (exact) mass is 297 g/mol. The number of nitrogens with one attached hydrogen (secondary N) is 1. The molecule has 2 rings (SSSR count). The van der Waals surface area contributed by atoms with Crippen LogP contribution in [0.3, 0.4) is 0 Å². The SMILES string of the molecule is C#CCn1c(CCNCC(C)C)nc2cc(C(C)C)ccc21. The van der Waals surface area contributed by atoms with E-state index in [4.69, 9.17) is 11.4 Å². The number of nitrogens with zero attached hydrogens (tertiary/aromatic N) is 2. The number of hydrogen-bond donors (Lipinski definition) is 1. The molecule has 3 heteroatoms. The molecule has 118 valence electrons. The molecule has 1 aromatic heterocycles. The molecule has 1 aromatic carbocycles. The molecule has 0 spiro atoms. The van der Waals surface area contributed by atoms with Gasteiger partial charge in [0.15, 0.2) is 0 Å². The van der Waals surface area contributed by atoms with Gasteiger partial charge in [0.2, 0.25) is 0 Å². The first-order valence-electron chi connectivity index (χ1n) is 8.16. The van der Waals surface area contributed by atoms with Gasteiger partial charge in [-0.15, -0.1) is 6.42 Å². The average Bonchev–Trinajstić information content (AvgIpc) is 2.81. The van der Waals surface area contributed by atoms with E-state index in [0.717, 1.165) is 36.4 Å². The lowest BCUT2D eigenvalue weighted by atomic mass is 10.0. The summed E-state index contributed by atoms with van der Waals surface area (Å²) in [4.78, 5) is 4.82. The van der Waals surface area contributed by atoms with Gasteiger partial charge in [-0.2, -0.15) is 0 Å². The molecular weight excluding hydrogens is 270 g/mol. The summed E-state index contributed by atoms with van der Waals surface area (Å²) < 4.78 is 2.16. The summed E-state index contributed by atoms with van der Waals surface area (Å²) in [5.41, 5.74) is 3.52. The van der Waals surface area contributed by atoms with Gasteiger partial charge in [0.05, 0.1) is 17.6 Å². The molecule has 0 amide bonds. The molecule has 0 saturated carbocycles. The van der Waals surface area contributed by atoms with E-state index in [2.05, 4.69) is 61.7 Å². The zero-order valence-corrected chi connectivity index (χ0v) is 14.2. The summed E-state index contributed by atoms with van der Waals surface area (Å²) >= 11 is 0. The minimum atomic E-state index is 0.512. The highest BCUT2D eigenvalue weighted by atomic mass is 15.1. The molecule has 0 aliphatic rings. The molecule has 1 heterocycles. The minimum absolute atomic E-state index is 0.512. The van der Waals surface area contributed by atoms with Crippen LogP contribution in [0, 0.1) is 18.3 Å². The lowest BCUT2D eigenvalue weighted by Gasteiger charge is -2.08. The maximum absolute atomic E-state index is 5.54. The van der Waals surface area contributed by atoms with E-state index in [9.17, 15) is 0 Å². The van der Waals surface area contributed by atoms with Crippen LogP contribution in [0.1, 0.15) is 45.0 Å². The minimum Gasteiger partial charge on any atom is -0.316 e. The highest BCUT2D eigenvalue weighted by Gasteiger charge is 2.11. The number of aromatic nitrogens is 2. The highest BCUT2D eigenvalue weighted by molar-refractivity contribution is 5.77. The Morgan fingerprint density at radius 1 is 1.27 bits per heavy atom. The molecule has 0 aliphatic carbocycles. The number of terminal acetylenes is 1. The summed E-state index contributed by atoms with van der Waals surface area (Å²) in [6.07, 6.45) is 6.44. The molecule has 0 atom stereocenters. The van der Waals surface area contributed by atoms with E-state index in [1.807, 2.05) is 0 Å². The van der Waals surface area contributed by atoms with Crippen LogP contribution in [0.25, 0.3) is 11.0 Å². The van der Waals surface area contributed by atoms with Crippen molar-refractivity contribution in [3.8, 4) is 12.3 Å². The Hall–Kier alpha value is -1.79. The molecule has 1 N–H and O–H groups in total. The molecule has 0 unspecified atom stereocenters. The zero-order chi connectivity index (χ0) is 16.1. The maximum atomic E-state index is 5.54. The fraction of sp³-hybridized carbons (Fsp3) is 0.526. The molecule has 0 saturated heterocycles. The van der Waals surface area contributed by atoms with Gasteiger partial charge in [-0.25, -0.2) is 4.98 Å². The molecule has 2 aromatic rings. The first kappa shape index (κ1) is 16.6. The van der Waals surface area contributed by atoms with Gasteiger partial charge in [-0.05, 0) is 36.1 Å². The molecule has 0 bridgehead atoms. The van der Waals surface area contributed by atoms with Crippen molar-refractivity contribution in [2.75, 3.05) is 13.1 Å². The van der Waals surface area contributed by atoms with Crippen molar-refractivity contribution >= 4 is 11.0 Å². The Morgan fingerprint density at radius 3 is 2.68 bits per heavy atom. The standard InChI is InChI=1S/C19H27N3/c1-6-11-22-18-8-7-16(15(4)5)12-17(18)21-19(22)9-10-20-13-14(2)3/h1,7-8,12,14-15,20H,9-11,13H2,2-5H3. The summed E-state index contributed by atoms with van der Waals surface area (Å²) in [6.45, 7) is 11.4. The van der Waals surface area contributed by atoms with Crippen molar-refractivity contribution in [1.82, 2.24) is 14.9 Å². The Balaban J connectivity index is 2.24. The topological polar surface area (TPSA) is 29.9 Å². The summed E-state index contributed by atoms with van der Waals surface area (Å²) in [6, 6.07) is 6.53. The third-order valence-corrected chi connectivity index (χ3v) is 3.85. The molecule has 22 heavy (non-hydrogen) atoms. The van der Waals surface area contributed by atoms with Crippen LogP contribution in [0.15, 0.2) is 18.2 Å². The number of imidazole rings is 1. The summed E-state index contributed by atoms with van der Waals surface area (Å²) in [5.74, 6) is 5.00. The van der Waals surface area contributed by atoms with Crippen LogP contribution < -0.4 is 5.32 Å². The number of benzene rings is 1. The van der Waals surface area contributed by atoms with Crippen molar-refractivity contribution in [3.63, 3.8) is 0 Å². The third kappa shape index (κ3) is 3.90. The van der Waals surface area contributed by atoms with Crippen LogP contribution >= 0.6 is 0 Å². The van der Waals surface area contributed by atoms with Gasteiger partial charge in [-0.1, -0.05) is 39.7 Å². The van der Waals surface area contributed by atoms with Crippen LogP contribution in [0.5, 0.6) is 0 Å². The van der Waals surface area contributed by atoms with Gasteiger partial charge in [0, 0.05) is 13.0 Å². The van der Waals surface area contributed by atoms with E-state index < -0.39 is 0 Å². The van der Waals surface area contributed by atoms with Gasteiger partial charge in [-0.3, -0.25) is 0 Å². The van der Waals surface area contributed by atoms with Gasteiger partial charge >= 0.3 is 0 Å². The first-order valence-corrected chi connectivity index (χ1v) is 8.16. The van der Waals surface area contributed by atoms with E-state index in [1.54, 1.807) is 0 Å². The van der Waals surface area contributed by atoms with Crippen LogP contribution in [-0.2, 0) is 13.0 Å². The predicted octanol–water partition coefficient (Wildman–Crippen LogP) is 3.58. The molecule has 3 nitrogen and oxygen atoms in total. The highest BCUT2D eigenvalue weighted by Crippen LogP contribution is 2.22. The smallest absolute Gasteiger partial charge is 0.111 e. The summed E-state index contributed by atoms with van der Waals surface area (Å²) in [7, 11) is 0. The molecule has 0 radical (unpaired) electrons. The van der Waals surface area contributed by atoms with Gasteiger partial charge in [0.1, 0.15) is 5.82 Å². The lowest BCUT2D eigenvalue weighted by molar-refractivity contribution is 0.547. The predicted molar refractivity (Wildman–Crippen MR) is 94.1 cm³/mol. The second-order valence-corrected chi connectivity index (χ2v) is 6.57. The van der Waals surface area contributed by atoms with Crippen LogP contribution in [0.2, 0.25) is 0 Å². The third-order valence-electron chi connectivity index (χ3n) is 3.85. The van der Waals surface area contributed by atoms with Crippen molar-refractivity contribution in [1.29, 1.82) is 0 Å².